The number of benzene rings is 1. The summed E-state index contributed by atoms with van der Waals surface area (Å²) < 4.78 is 0. The first-order valence-electron chi connectivity index (χ1n) is 10.7. The summed E-state index contributed by atoms with van der Waals surface area (Å²) >= 11 is 0. The van der Waals surface area contributed by atoms with E-state index in [4.69, 9.17) is 0 Å². The van der Waals surface area contributed by atoms with Crippen LogP contribution in [0.4, 0.5) is 0 Å². The zero-order valence-corrected chi connectivity index (χ0v) is 18.7. The highest BCUT2D eigenvalue weighted by Gasteiger charge is 2.32. The summed E-state index contributed by atoms with van der Waals surface area (Å²) in [7, 11) is 0. The molecular weight excluding hydrogens is 396 g/mol. The molecule has 1 aliphatic rings. The fraction of sp³-hybridized carbons (Fsp3) is 0.522. The third kappa shape index (κ3) is 6.63. The van der Waals surface area contributed by atoms with Gasteiger partial charge in [-0.3, -0.25) is 19.4 Å². The molecule has 8 heteroatoms. The van der Waals surface area contributed by atoms with Crippen molar-refractivity contribution in [3.63, 3.8) is 0 Å². The van der Waals surface area contributed by atoms with Crippen molar-refractivity contribution in [3.05, 3.63) is 42.0 Å². The summed E-state index contributed by atoms with van der Waals surface area (Å²) in [4.78, 5) is 37.6. The Morgan fingerprint density at radius 1 is 1.23 bits per heavy atom. The van der Waals surface area contributed by atoms with E-state index in [1.54, 1.807) is 26.8 Å². The quantitative estimate of drug-likeness (QED) is 0.500. The average molecular weight is 431 g/mol. The largest absolute Gasteiger partial charge is 0.383 e. The van der Waals surface area contributed by atoms with Gasteiger partial charge in [0.05, 0.1) is 6.04 Å². The van der Waals surface area contributed by atoms with Gasteiger partial charge in [-0.1, -0.05) is 44.7 Å². The Labute approximate surface area is 184 Å². The van der Waals surface area contributed by atoms with E-state index in [1.165, 1.54) is 5.01 Å². The van der Waals surface area contributed by atoms with Crippen LogP contribution in [-0.4, -0.2) is 52.6 Å². The van der Waals surface area contributed by atoms with Gasteiger partial charge < -0.3 is 15.7 Å². The van der Waals surface area contributed by atoms with Crippen LogP contribution in [0.1, 0.15) is 57.7 Å². The van der Waals surface area contributed by atoms with Crippen LogP contribution in [0.15, 0.2) is 30.8 Å². The second-order valence-electron chi connectivity index (χ2n) is 8.34. The molecule has 0 aromatic heterocycles. The number of aliphatic hydroxyl groups excluding tert-OH is 1. The number of hydrogen-bond acceptors (Lipinski definition) is 5. The molecule has 1 aliphatic heterocycles. The molecule has 0 spiro atoms. The standard InChI is InChI=1S/C23H34N4O4/c1-6-17-9-7-10-18(13-17)15(4)24-21(29)19-11-8-12-27(26-19)23(31)16(5)25-22(30)20(28)14(2)3/h6-7,9-10,13-16,19-20,26,28H,1,8,11-12H2,2-5H3,(H,24,29)(H,25,30)/t15-,16+,19+,20+/m1/s1. The molecule has 3 amide bonds. The normalized spacial score (nSPS) is 19.3. The number of hydrazine groups is 1. The molecule has 4 atom stereocenters. The van der Waals surface area contributed by atoms with Gasteiger partial charge >= 0.3 is 0 Å². The first kappa shape index (κ1) is 24.6. The highest BCUT2D eigenvalue weighted by Crippen LogP contribution is 2.16. The van der Waals surface area contributed by atoms with Crippen LogP contribution in [0, 0.1) is 5.92 Å². The Bertz CT molecular complexity index is 811. The molecule has 2 rings (SSSR count). The van der Waals surface area contributed by atoms with E-state index in [-0.39, 0.29) is 23.8 Å². The van der Waals surface area contributed by atoms with Crippen molar-refractivity contribution >= 4 is 23.8 Å². The van der Waals surface area contributed by atoms with E-state index in [9.17, 15) is 19.5 Å². The summed E-state index contributed by atoms with van der Waals surface area (Å²) in [6, 6.07) is 6.20. The molecule has 1 aromatic carbocycles. The number of carbonyl (C=O) groups is 3. The SMILES string of the molecule is C=Cc1cccc([C@@H](C)NC(=O)[C@@H]2CCCN(C(=O)[C@H](C)NC(=O)[C@@H](O)C(C)C)N2)c1. The number of aliphatic hydroxyl groups is 1. The highest BCUT2D eigenvalue weighted by molar-refractivity contribution is 5.89. The van der Waals surface area contributed by atoms with Gasteiger partial charge in [-0.25, -0.2) is 5.43 Å². The predicted octanol–water partition coefficient (Wildman–Crippen LogP) is 1.52. The summed E-state index contributed by atoms with van der Waals surface area (Å²) in [6.07, 6.45) is 1.84. The van der Waals surface area contributed by atoms with Crippen LogP contribution in [0.2, 0.25) is 0 Å². The van der Waals surface area contributed by atoms with Gasteiger partial charge in [-0.15, -0.1) is 0 Å². The third-order valence-corrected chi connectivity index (χ3v) is 5.40. The lowest BCUT2D eigenvalue weighted by molar-refractivity contribution is -0.144. The molecule has 0 unspecified atom stereocenters. The maximum atomic E-state index is 12.8. The van der Waals surface area contributed by atoms with Crippen molar-refractivity contribution in [3.8, 4) is 0 Å². The first-order chi connectivity index (χ1) is 14.6. The zero-order chi connectivity index (χ0) is 23.1. The number of nitrogens with zero attached hydrogens (tertiary/aromatic N) is 1. The fourth-order valence-corrected chi connectivity index (χ4v) is 3.38. The van der Waals surface area contributed by atoms with Crippen molar-refractivity contribution in [2.24, 2.45) is 5.92 Å². The molecule has 0 saturated carbocycles. The summed E-state index contributed by atoms with van der Waals surface area (Å²) in [5.41, 5.74) is 4.92. The van der Waals surface area contributed by atoms with Crippen LogP contribution in [0.3, 0.4) is 0 Å². The van der Waals surface area contributed by atoms with Crippen molar-refractivity contribution in [1.82, 2.24) is 21.1 Å². The van der Waals surface area contributed by atoms with Gasteiger partial charge in [0.1, 0.15) is 18.2 Å². The van der Waals surface area contributed by atoms with Crippen LogP contribution < -0.4 is 16.1 Å². The molecule has 1 saturated heterocycles. The van der Waals surface area contributed by atoms with E-state index < -0.39 is 24.1 Å². The molecule has 1 aromatic rings. The van der Waals surface area contributed by atoms with E-state index in [0.29, 0.717) is 19.4 Å². The van der Waals surface area contributed by atoms with Crippen LogP contribution >= 0.6 is 0 Å². The maximum Gasteiger partial charge on any atom is 0.258 e. The Morgan fingerprint density at radius 2 is 1.94 bits per heavy atom. The van der Waals surface area contributed by atoms with Crippen molar-refractivity contribution in [2.45, 2.75) is 64.8 Å². The Kier molecular flexibility index (Phi) is 8.76. The first-order valence-corrected chi connectivity index (χ1v) is 10.7. The van der Waals surface area contributed by atoms with Gasteiger partial charge in [0, 0.05) is 6.54 Å². The molecule has 1 fully saturated rings. The molecule has 170 valence electrons. The molecular formula is C23H34N4O4. The Balaban J connectivity index is 1.94. The van der Waals surface area contributed by atoms with Gasteiger partial charge in [0.15, 0.2) is 0 Å². The average Bonchev–Trinajstić information content (AvgIpc) is 2.77. The van der Waals surface area contributed by atoms with Crippen molar-refractivity contribution in [1.29, 1.82) is 0 Å². The van der Waals surface area contributed by atoms with Crippen LogP contribution in [-0.2, 0) is 14.4 Å². The van der Waals surface area contributed by atoms with Crippen molar-refractivity contribution < 1.29 is 19.5 Å². The number of nitrogens with one attached hydrogen (secondary N) is 3. The fourth-order valence-electron chi connectivity index (χ4n) is 3.38. The van der Waals surface area contributed by atoms with Crippen molar-refractivity contribution in [2.75, 3.05) is 6.54 Å². The molecule has 0 radical (unpaired) electrons. The molecule has 8 nitrogen and oxygen atoms in total. The minimum absolute atomic E-state index is 0.194. The molecule has 4 N–H and O–H groups in total. The molecule has 0 bridgehead atoms. The van der Waals surface area contributed by atoms with E-state index in [0.717, 1.165) is 11.1 Å². The van der Waals surface area contributed by atoms with Gasteiger partial charge in [0.2, 0.25) is 11.8 Å². The maximum absolute atomic E-state index is 12.8. The zero-order valence-electron chi connectivity index (χ0n) is 18.7. The third-order valence-electron chi connectivity index (χ3n) is 5.40. The van der Waals surface area contributed by atoms with Gasteiger partial charge in [0.25, 0.3) is 5.91 Å². The lowest BCUT2D eigenvalue weighted by Gasteiger charge is -2.35. The van der Waals surface area contributed by atoms with Gasteiger partial charge in [-0.2, -0.15) is 0 Å². The number of carbonyl (C=O) groups excluding carboxylic acids is 3. The van der Waals surface area contributed by atoms with Gasteiger partial charge in [-0.05, 0) is 49.8 Å². The van der Waals surface area contributed by atoms with E-state index in [1.807, 2.05) is 31.2 Å². The monoisotopic (exact) mass is 430 g/mol. The number of hydrogen-bond donors (Lipinski definition) is 4. The topological polar surface area (TPSA) is 111 Å². The smallest absolute Gasteiger partial charge is 0.258 e. The van der Waals surface area contributed by atoms with Crippen LogP contribution in [0.25, 0.3) is 6.08 Å². The number of amides is 3. The Morgan fingerprint density at radius 3 is 2.58 bits per heavy atom. The molecule has 0 aliphatic carbocycles. The predicted molar refractivity (Wildman–Crippen MR) is 119 cm³/mol. The number of rotatable bonds is 8. The summed E-state index contributed by atoms with van der Waals surface area (Å²) in [5, 5.41) is 16.8. The molecule has 1 heterocycles. The van der Waals surface area contributed by atoms with Crippen LogP contribution in [0.5, 0.6) is 0 Å². The summed E-state index contributed by atoms with van der Waals surface area (Å²) in [6.45, 7) is 11.1. The van der Waals surface area contributed by atoms with E-state index in [2.05, 4.69) is 22.6 Å². The minimum Gasteiger partial charge on any atom is -0.383 e. The second kappa shape index (κ2) is 11.1. The highest BCUT2D eigenvalue weighted by atomic mass is 16.3. The second-order valence-corrected chi connectivity index (χ2v) is 8.34. The Hall–Kier alpha value is -2.71. The molecule has 31 heavy (non-hydrogen) atoms. The minimum atomic E-state index is -1.18. The lowest BCUT2D eigenvalue weighted by atomic mass is 10.0. The van der Waals surface area contributed by atoms with E-state index >= 15 is 0 Å². The summed E-state index contributed by atoms with van der Waals surface area (Å²) in [5.74, 6) is -1.38. The lowest BCUT2D eigenvalue weighted by Crippen LogP contribution is -2.61.